The molecule has 0 amide bonds. The van der Waals surface area contributed by atoms with Gasteiger partial charge in [-0.1, -0.05) is 163 Å². The summed E-state index contributed by atoms with van der Waals surface area (Å²) in [5, 5.41) is 4.14. The van der Waals surface area contributed by atoms with Crippen molar-refractivity contribution in [2.75, 3.05) is 0 Å². The van der Waals surface area contributed by atoms with Crippen molar-refractivity contribution < 1.29 is 9.59 Å². The van der Waals surface area contributed by atoms with Crippen molar-refractivity contribution in [3.05, 3.63) is 155 Å². The fraction of sp³-hybridized carbons (Fsp3) is 0.273. The summed E-state index contributed by atoms with van der Waals surface area (Å²) in [6, 6.07) is 0. The number of hydrogen-bond acceptors (Lipinski definition) is 2. The van der Waals surface area contributed by atoms with Crippen LogP contribution in [0.15, 0.2) is 134 Å². The first-order valence-electron chi connectivity index (χ1n) is 16.1. The van der Waals surface area contributed by atoms with E-state index in [4.69, 9.17) is 0 Å². The van der Waals surface area contributed by atoms with E-state index in [1.54, 1.807) is 18.2 Å². The van der Waals surface area contributed by atoms with Crippen LogP contribution in [0, 0.1) is 11.3 Å². The van der Waals surface area contributed by atoms with E-state index in [0.29, 0.717) is 29.2 Å². The van der Waals surface area contributed by atoms with Gasteiger partial charge in [0, 0.05) is 50.8 Å². The van der Waals surface area contributed by atoms with E-state index in [1.165, 1.54) is 11.6 Å². The predicted octanol–water partition coefficient (Wildman–Crippen LogP) is 8.02. The Morgan fingerprint density at radius 1 is 0.915 bits per heavy atom. The number of ketones is 2. The zero-order valence-electron chi connectivity index (χ0n) is 29.7. The molecule has 1 heterocycles. The summed E-state index contributed by atoms with van der Waals surface area (Å²) in [4.78, 5) is 24.8. The molecule has 1 atom stereocenters. The fourth-order valence-corrected chi connectivity index (χ4v) is 5.08. The van der Waals surface area contributed by atoms with Gasteiger partial charge in [0.05, 0.1) is 0 Å². The number of rotatable bonds is 19. The maximum absolute atomic E-state index is 12.7. The Morgan fingerprint density at radius 2 is 1.53 bits per heavy atom. The van der Waals surface area contributed by atoms with Gasteiger partial charge in [0.15, 0.2) is 11.6 Å². The zero-order chi connectivity index (χ0) is 35.7. The summed E-state index contributed by atoms with van der Waals surface area (Å²) in [5.41, 5.74) is 3.29. The molecule has 47 heavy (non-hydrogen) atoms. The molecular formula is C44H55NO2. The van der Waals surface area contributed by atoms with Crippen molar-refractivity contribution in [3.63, 3.8) is 0 Å². The minimum absolute atomic E-state index is 0.0484. The number of Topliss-reactive ketones (excluding diaryl/α,β-unsaturated/α-hetero) is 2. The van der Waals surface area contributed by atoms with Gasteiger partial charge in [-0.2, -0.15) is 0 Å². The van der Waals surface area contributed by atoms with Crippen molar-refractivity contribution in [2.24, 2.45) is 11.3 Å². The van der Waals surface area contributed by atoms with Crippen LogP contribution in [0.25, 0.3) is 24.8 Å². The van der Waals surface area contributed by atoms with E-state index in [1.807, 2.05) is 56.4 Å². The van der Waals surface area contributed by atoms with Crippen LogP contribution in [-0.4, -0.2) is 16.1 Å². The molecule has 0 aliphatic carbocycles. The van der Waals surface area contributed by atoms with E-state index in [0.717, 1.165) is 39.6 Å². The first-order chi connectivity index (χ1) is 22.2. The van der Waals surface area contributed by atoms with Crippen molar-refractivity contribution in [1.82, 2.24) is 4.57 Å². The molecule has 0 fully saturated rings. The Kier molecular flexibility index (Phi) is 16.9. The minimum atomic E-state index is -0.190. The van der Waals surface area contributed by atoms with Crippen LogP contribution < -0.4 is 21.1 Å². The summed E-state index contributed by atoms with van der Waals surface area (Å²) < 4.78 is 2.19. The monoisotopic (exact) mass is 629 g/mol. The number of allylic oxidation sites excluding steroid dienone is 16. The number of hydrogen-bond donors (Lipinski definition) is 0. The minimum Gasteiger partial charge on any atom is -0.337 e. The third-order valence-corrected chi connectivity index (χ3v) is 8.47. The molecule has 3 nitrogen and oxygen atoms in total. The summed E-state index contributed by atoms with van der Waals surface area (Å²) in [7, 11) is 0. The molecule has 1 unspecified atom stereocenters. The molecule has 248 valence electrons. The van der Waals surface area contributed by atoms with Gasteiger partial charge >= 0.3 is 0 Å². The van der Waals surface area contributed by atoms with E-state index in [2.05, 4.69) is 96.5 Å². The van der Waals surface area contributed by atoms with Crippen molar-refractivity contribution in [2.45, 2.75) is 67.3 Å². The average molecular weight is 630 g/mol. The number of carbonyl (C=O) groups is 2. The highest BCUT2D eigenvalue weighted by molar-refractivity contribution is 6.11. The van der Waals surface area contributed by atoms with Crippen molar-refractivity contribution >= 4 is 36.4 Å². The second kappa shape index (κ2) is 19.7. The largest absolute Gasteiger partial charge is 0.337 e. The zero-order valence-corrected chi connectivity index (χ0v) is 29.7. The smallest absolute Gasteiger partial charge is 0.191 e. The molecule has 0 N–H and O–H groups in total. The molecule has 0 spiro atoms. The fourth-order valence-electron chi connectivity index (χ4n) is 5.08. The van der Waals surface area contributed by atoms with Crippen molar-refractivity contribution in [1.29, 1.82) is 0 Å². The first-order valence-corrected chi connectivity index (χ1v) is 16.1. The maximum atomic E-state index is 12.7. The van der Waals surface area contributed by atoms with Crippen molar-refractivity contribution in [3.8, 4) is 0 Å². The molecule has 0 aromatic carbocycles. The van der Waals surface area contributed by atoms with Crippen LogP contribution in [0.4, 0.5) is 0 Å². The molecule has 0 radical (unpaired) electrons. The third-order valence-electron chi connectivity index (χ3n) is 8.47. The van der Waals surface area contributed by atoms with Crippen LogP contribution >= 0.6 is 0 Å². The Balaban J connectivity index is 3.33. The van der Waals surface area contributed by atoms with Crippen LogP contribution in [-0.2, 0) is 16.1 Å². The average Bonchev–Trinajstić information content (AvgIpc) is 3.29. The Morgan fingerprint density at radius 3 is 2.09 bits per heavy atom. The molecular weight excluding hydrogens is 574 g/mol. The van der Waals surface area contributed by atoms with Gasteiger partial charge in [-0.3, -0.25) is 9.59 Å². The van der Waals surface area contributed by atoms with Crippen LogP contribution in [0.5, 0.6) is 0 Å². The van der Waals surface area contributed by atoms with E-state index < -0.39 is 0 Å². The first kappa shape index (κ1) is 40.3. The number of carbonyl (C=O) groups excluding carboxylic acids is 2. The normalized spacial score (nSPS) is 14.5. The molecule has 0 aliphatic heterocycles. The van der Waals surface area contributed by atoms with Crippen LogP contribution in [0.1, 0.15) is 60.8 Å². The van der Waals surface area contributed by atoms with Crippen LogP contribution in [0.2, 0.25) is 0 Å². The quantitative estimate of drug-likeness (QED) is 0.0883. The third kappa shape index (κ3) is 11.8. The van der Waals surface area contributed by atoms with Gasteiger partial charge in [-0.05, 0) is 38.0 Å². The Bertz CT molecular complexity index is 1790. The molecule has 0 bridgehead atoms. The maximum Gasteiger partial charge on any atom is 0.191 e. The lowest BCUT2D eigenvalue weighted by Crippen LogP contribution is -2.37. The van der Waals surface area contributed by atoms with Gasteiger partial charge in [0.1, 0.15) is 0 Å². The summed E-state index contributed by atoms with van der Waals surface area (Å²) in [5.74, 6) is 0.0724. The summed E-state index contributed by atoms with van der Waals surface area (Å²) in [6.07, 6.45) is 28.5. The van der Waals surface area contributed by atoms with E-state index >= 15 is 0 Å². The van der Waals surface area contributed by atoms with Gasteiger partial charge in [0.2, 0.25) is 0 Å². The van der Waals surface area contributed by atoms with Crippen LogP contribution in [0.3, 0.4) is 0 Å². The van der Waals surface area contributed by atoms with Gasteiger partial charge in [0.25, 0.3) is 0 Å². The molecule has 1 aromatic rings. The lowest BCUT2D eigenvalue weighted by atomic mass is 9.71. The summed E-state index contributed by atoms with van der Waals surface area (Å²) >= 11 is 0. The standard InChI is InChI=1S/C44H55NO2/c1-14-31-45-37(11)40(27-20-21-28-42(46)33(7)15-2)39(17-4)41(45)30-29-36(10)44(12,13)38(16-3)26-22-25-35(9)43(47)34(8)24-19-18-23-32(5)6/h14-15,17-27,30,36H,1-2,5,7-9,11,16,28-29,31H2,3-4,6,10,12-13H3/b21-20-,23-18-,24-19-,25-22-,38-26+,39-17-,40-27+,41-30+. The highest BCUT2D eigenvalue weighted by Crippen LogP contribution is 2.38. The lowest BCUT2D eigenvalue weighted by molar-refractivity contribution is -0.114. The second-order valence-corrected chi connectivity index (χ2v) is 12.2. The number of nitrogens with zero attached hydrogens (tertiary/aromatic N) is 1. The topological polar surface area (TPSA) is 39.1 Å². The molecule has 1 rings (SSSR count). The van der Waals surface area contributed by atoms with E-state index in [9.17, 15) is 9.59 Å². The molecule has 3 heteroatoms. The Hall–Kier alpha value is -4.76. The van der Waals surface area contributed by atoms with Gasteiger partial charge in [-0.15, -0.1) is 6.58 Å². The summed E-state index contributed by atoms with van der Waals surface area (Å²) in [6.45, 7) is 40.9. The highest BCUT2D eigenvalue weighted by Gasteiger charge is 2.28. The molecule has 0 saturated heterocycles. The molecule has 0 saturated carbocycles. The SMILES string of the molecule is C=CCn1c(=C)c(=C\C=C/CC(=O)C(=C)C=C)/c(=C/C)c/1=C\CC(C)C(C)(C)/C(=C/C=C\C(=C)C(=O)C(=C)/C=C\C=C/C(=C)C)CC. The molecule has 0 aliphatic rings. The molecule has 1 aromatic heterocycles. The van der Waals surface area contributed by atoms with Gasteiger partial charge in [-0.25, -0.2) is 0 Å². The number of aromatic nitrogens is 1. The van der Waals surface area contributed by atoms with Gasteiger partial charge < -0.3 is 4.57 Å². The predicted molar refractivity (Wildman–Crippen MR) is 207 cm³/mol. The lowest BCUT2D eigenvalue weighted by Gasteiger charge is -2.34. The Labute approximate surface area is 283 Å². The van der Waals surface area contributed by atoms with E-state index in [-0.39, 0.29) is 23.4 Å². The highest BCUT2D eigenvalue weighted by atomic mass is 16.1. The second-order valence-electron chi connectivity index (χ2n) is 12.2.